The zero-order valence-electron chi connectivity index (χ0n) is 21.2. The highest BCUT2D eigenvalue weighted by Gasteiger charge is 2.35. The predicted octanol–water partition coefficient (Wildman–Crippen LogP) is 3.99. The van der Waals surface area contributed by atoms with Gasteiger partial charge in [-0.15, -0.1) is 0 Å². The van der Waals surface area contributed by atoms with Crippen LogP contribution < -0.4 is 15.4 Å². The summed E-state index contributed by atoms with van der Waals surface area (Å²) in [7, 11) is 0. The van der Waals surface area contributed by atoms with Gasteiger partial charge in [0.1, 0.15) is 24.2 Å². The molecule has 1 amide bonds. The van der Waals surface area contributed by atoms with Crippen molar-refractivity contribution in [3.05, 3.63) is 89.1 Å². The van der Waals surface area contributed by atoms with Crippen LogP contribution >= 0.6 is 0 Å². The van der Waals surface area contributed by atoms with Gasteiger partial charge < -0.3 is 25.5 Å². The van der Waals surface area contributed by atoms with Crippen LogP contribution in [0.1, 0.15) is 51.8 Å². The van der Waals surface area contributed by atoms with Gasteiger partial charge in [0, 0.05) is 36.4 Å². The van der Waals surface area contributed by atoms with Crippen molar-refractivity contribution in [2.24, 2.45) is 5.92 Å². The predicted molar refractivity (Wildman–Crippen MR) is 142 cm³/mol. The maximum absolute atomic E-state index is 13.1. The van der Waals surface area contributed by atoms with Crippen molar-refractivity contribution in [2.45, 2.75) is 45.4 Å². The number of aromatic amines is 1. The maximum atomic E-state index is 13.1. The first-order chi connectivity index (χ1) is 18.0. The lowest BCUT2D eigenvalue weighted by atomic mass is 10.0. The van der Waals surface area contributed by atoms with E-state index in [9.17, 15) is 9.90 Å². The number of aromatic nitrogens is 3. The molecular formula is C29H33N5O3. The second-order valence-electron chi connectivity index (χ2n) is 9.84. The van der Waals surface area contributed by atoms with Crippen LogP contribution in [0.3, 0.4) is 0 Å². The lowest BCUT2D eigenvalue weighted by molar-refractivity contribution is 0.0926. The number of fused-ring (bicyclic) bond motifs is 1. The molecule has 1 fully saturated rings. The molecule has 8 heteroatoms. The lowest BCUT2D eigenvalue weighted by Crippen LogP contribution is -2.32. The number of carbonyl (C=O) groups excluding carboxylic acids is 1. The number of nitrogens with zero attached hydrogens (tertiary/aromatic N) is 2. The molecule has 1 aromatic carbocycles. The normalized spacial score (nSPS) is 14.9. The highest BCUT2D eigenvalue weighted by Crippen LogP contribution is 2.41. The van der Waals surface area contributed by atoms with E-state index in [-0.39, 0.29) is 18.6 Å². The van der Waals surface area contributed by atoms with Gasteiger partial charge in [0.15, 0.2) is 0 Å². The van der Waals surface area contributed by atoms with Gasteiger partial charge in [-0.2, -0.15) is 0 Å². The van der Waals surface area contributed by atoms with Crippen LogP contribution in [0, 0.1) is 19.8 Å². The zero-order chi connectivity index (χ0) is 25.8. The minimum absolute atomic E-state index is 0.129. The molecule has 192 valence electrons. The first kappa shape index (κ1) is 24.9. The van der Waals surface area contributed by atoms with Crippen LogP contribution in [0.2, 0.25) is 0 Å². The van der Waals surface area contributed by atoms with E-state index in [1.807, 2.05) is 56.3 Å². The van der Waals surface area contributed by atoms with E-state index in [4.69, 9.17) is 4.74 Å². The second kappa shape index (κ2) is 11.1. The molecule has 4 aromatic rings. The molecule has 4 N–H and O–H groups in total. The van der Waals surface area contributed by atoms with E-state index >= 15 is 0 Å². The molecule has 3 aromatic heterocycles. The van der Waals surface area contributed by atoms with E-state index in [0.717, 1.165) is 46.1 Å². The van der Waals surface area contributed by atoms with Crippen molar-refractivity contribution < 1.29 is 14.6 Å². The first-order valence-electron chi connectivity index (χ1n) is 12.7. The number of amides is 1. The van der Waals surface area contributed by atoms with Gasteiger partial charge in [0.2, 0.25) is 0 Å². The van der Waals surface area contributed by atoms with Crippen LogP contribution in [0.5, 0.6) is 5.75 Å². The van der Waals surface area contributed by atoms with Gasteiger partial charge in [-0.25, -0.2) is 0 Å². The average molecular weight is 500 g/mol. The second-order valence-corrected chi connectivity index (χ2v) is 9.84. The van der Waals surface area contributed by atoms with Crippen molar-refractivity contribution in [1.82, 2.24) is 25.6 Å². The molecule has 1 aliphatic carbocycles. The molecule has 0 saturated heterocycles. The molecule has 1 aliphatic rings. The largest absolute Gasteiger partial charge is 0.489 e. The number of benzene rings is 1. The summed E-state index contributed by atoms with van der Waals surface area (Å²) in [5.74, 6) is 0.844. The van der Waals surface area contributed by atoms with Gasteiger partial charge in [-0.05, 0) is 67.5 Å². The number of para-hydroxylation sites is 1. The van der Waals surface area contributed by atoms with Crippen molar-refractivity contribution in [1.29, 1.82) is 0 Å². The van der Waals surface area contributed by atoms with Crippen LogP contribution in [0.4, 0.5) is 0 Å². The smallest absolute Gasteiger partial charge is 0.268 e. The van der Waals surface area contributed by atoms with Gasteiger partial charge in [-0.1, -0.05) is 24.3 Å². The zero-order valence-corrected chi connectivity index (χ0v) is 21.2. The van der Waals surface area contributed by atoms with Crippen LogP contribution in [0.15, 0.2) is 61.1 Å². The average Bonchev–Trinajstić information content (AvgIpc) is 3.64. The number of nitrogens with one attached hydrogen (secondary N) is 3. The van der Waals surface area contributed by atoms with E-state index in [1.54, 1.807) is 18.6 Å². The Bertz CT molecular complexity index is 1370. The Labute approximate surface area is 216 Å². The van der Waals surface area contributed by atoms with E-state index in [2.05, 4.69) is 25.6 Å². The van der Waals surface area contributed by atoms with E-state index in [1.165, 1.54) is 0 Å². The maximum Gasteiger partial charge on any atom is 0.268 e. The van der Waals surface area contributed by atoms with Gasteiger partial charge in [0.25, 0.3) is 5.91 Å². The molecule has 2 unspecified atom stereocenters. The summed E-state index contributed by atoms with van der Waals surface area (Å²) in [5.41, 5.74) is 5.51. The van der Waals surface area contributed by atoms with Crippen molar-refractivity contribution in [3.63, 3.8) is 0 Å². The molecule has 0 bridgehead atoms. The third-order valence-corrected chi connectivity index (χ3v) is 6.75. The number of pyridine rings is 2. The fraction of sp³-hybridized carbons (Fsp3) is 0.345. The standard InChI is InChI=1S/C29H33N5O3/c1-18-5-3-7-22-12-25(33-26(18)22)29(36)34-28(21-8-9-21)27-19(2)11-24(16-32-27)37-17-23(35)15-31-14-20-6-4-10-30-13-20/h3-7,10-13,16,21,23,28,31,33,35H,8-9,14-15,17H2,1-2H3,(H,34,36). The number of aliphatic hydroxyl groups excluding tert-OH is 1. The summed E-state index contributed by atoms with van der Waals surface area (Å²) < 4.78 is 5.80. The summed E-state index contributed by atoms with van der Waals surface area (Å²) in [6, 6.07) is 13.6. The molecular weight excluding hydrogens is 466 g/mol. The highest BCUT2D eigenvalue weighted by molar-refractivity contribution is 5.98. The SMILES string of the molecule is Cc1cc(OCC(O)CNCc2cccnc2)cnc1C(NC(=O)c1cc2cccc(C)c2[nH]1)C1CC1. The first-order valence-corrected chi connectivity index (χ1v) is 12.7. The molecule has 5 rings (SSSR count). The number of aliphatic hydroxyl groups is 1. The third-order valence-electron chi connectivity index (χ3n) is 6.75. The summed E-state index contributed by atoms with van der Waals surface area (Å²) in [6.45, 7) is 5.20. The molecule has 0 radical (unpaired) electrons. The Balaban J connectivity index is 1.18. The Morgan fingerprint density at radius 3 is 2.76 bits per heavy atom. The number of hydrogen-bond acceptors (Lipinski definition) is 6. The van der Waals surface area contributed by atoms with E-state index in [0.29, 0.717) is 30.5 Å². The molecule has 0 spiro atoms. The molecule has 8 nitrogen and oxygen atoms in total. The topological polar surface area (TPSA) is 112 Å². The molecule has 3 heterocycles. The molecule has 1 saturated carbocycles. The molecule has 2 atom stereocenters. The number of carbonyl (C=O) groups is 1. The monoisotopic (exact) mass is 499 g/mol. The quantitative estimate of drug-likeness (QED) is 0.248. The van der Waals surface area contributed by atoms with Crippen LogP contribution in [-0.4, -0.2) is 45.2 Å². The molecule has 0 aliphatic heterocycles. The number of rotatable bonds is 11. The van der Waals surface area contributed by atoms with Gasteiger partial charge >= 0.3 is 0 Å². The Hall–Kier alpha value is -3.75. The van der Waals surface area contributed by atoms with Crippen LogP contribution in [0.25, 0.3) is 10.9 Å². The van der Waals surface area contributed by atoms with Crippen molar-refractivity contribution in [2.75, 3.05) is 13.2 Å². The number of H-pyrrole nitrogens is 1. The van der Waals surface area contributed by atoms with Crippen LogP contribution in [-0.2, 0) is 6.54 Å². The number of ether oxygens (including phenoxy) is 1. The fourth-order valence-electron chi connectivity index (χ4n) is 4.59. The fourth-order valence-corrected chi connectivity index (χ4v) is 4.59. The van der Waals surface area contributed by atoms with Gasteiger partial charge in [0.05, 0.1) is 17.9 Å². The summed E-state index contributed by atoms with van der Waals surface area (Å²) >= 11 is 0. The van der Waals surface area contributed by atoms with Gasteiger partial charge in [-0.3, -0.25) is 14.8 Å². The number of hydrogen-bond donors (Lipinski definition) is 4. The molecule has 37 heavy (non-hydrogen) atoms. The number of aryl methyl sites for hydroxylation is 2. The Kier molecular flexibility index (Phi) is 7.48. The van der Waals surface area contributed by atoms with E-state index < -0.39 is 6.10 Å². The van der Waals surface area contributed by atoms with Crippen molar-refractivity contribution in [3.8, 4) is 5.75 Å². The summed E-state index contributed by atoms with van der Waals surface area (Å²) in [6.07, 6.45) is 6.67. The summed E-state index contributed by atoms with van der Waals surface area (Å²) in [5, 5.41) is 17.7. The lowest BCUT2D eigenvalue weighted by Gasteiger charge is -2.20. The Morgan fingerprint density at radius 1 is 1.16 bits per heavy atom. The third kappa shape index (κ3) is 6.15. The Morgan fingerprint density at radius 2 is 2.03 bits per heavy atom. The minimum atomic E-state index is -0.657. The highest BCUT2D eigenvalue weighted by atomic mass is 16.5. The van der Waals surface area contributed by atoms with Crippen molar-refractivity contribution >= 4 is 16.8 Å². The summed E-state index contributed by atoms with van der Waals surface area (Å²) in [4.78, 5) is 25.2. The minimum Gasteiger partial charge on any atom is -0.489 e.